The summed E-state index contributed by atoms with van der Waals surface area (Å²) in [5, 5.41) is 13.7. The molecule has 0 aliphatic carbocycles. The lowest BCUT2D eigenvalue weighted by atomic mass is 10.0. The summed E-state index contributed by atoms with van der Waals surface area (Å²) >= 11 is 6.05. The van der Waals surface area contributed by atoms with E-state index in [2.05, 4.69) is 26.3 Å². The summed E-state index contributed by atoms with van der Waals surface area (Å²) in [7, 11) is 0. The van der Waals surface area contributed by atoms with E-state index in [1.165, 1.54) is 6.07 Å². The van der Waals surface area contributed by atoms with Gasteiger partial charge in [-0.05, 0) is 48.9 Å². The lowest BCUT2D eigenvalue weighted by molar-refractivity contribution is 0.0950. The SMILES string of the molecule is Cc1nc(N)cc(C#N)c1CNC(=O)c1ccnc(Cc2ccc3ncc(Cl)cc3c2)c1. The maximum Gasteiger partial charge on any atom is 0.251 e. The van der Waals surface area contributed by atoms with Crippen molar-refractivity contribution in [2.45, 2.75) is 19.9 Å². The number of aromatic nitrogens is 3. The standard InChI is InChI=1S/C24H19ClN6O/c1-14-21(18(11-26)10-23(27)31-14)13-30-24(32)16-4-5-28-20(9-16)7-15-2-3-22-17(6-15)8-19(25)12-29-22/h2-6,8-10,12H,7,13H2,1H3,(H2,27,31)(H,30,32). The summed E-state index contributed by atoms with van der Waals surface area (Å²) in [4.78, 5) is 25.6. The van der Waals surface area contributed by atoms with Gasteiger partial charge in [0.05, 0.1) is 22.2 Å². The van der Waals surface area contributed by atoms with Crippen molar-refractivity contribution in [3.05, 3.63) is 93.5 Å². The summed E-state index contributed by atoms with van der Waals surface area (Å²) in [5.74, 6) is 0.0166. The van der Waals surface area contributed by atoms with Crippen LogP contribution in [-0.4, -0.2) is 20.9 Å². The number of aryl methyl sites for hydroxylation is 1. The van der Waals surface area contributed by atoms with Crippen molar-refractivity contribution in [3.63, 3.8) is 0 Å². The number of halogens is 1. The van der Waals surface area contributed by atoms with Crippen LogP contribution in [0.15, 0.2) is 54.9 Å². The number of nitriles is 1. The molecule has 3 aromatic heterocycles. The quantitative estimate of drug-likeness (QED) is 0.483. The molecule has 158 valence electrons. The number of anilines is 1. The lowest BCUT2D eigenvalue weighted by Crippen LogP contribution is -2.24. The average Bonchev–Trinajstić information content (AvgIpc) is 2.77. The van der Waals surface area contributed by atoms with E-state index in [-0.39, 0.29) is 18.3 Å². The van der Waals surface area contributed by atoms with E-state index in [1.54, 1.807) is 31.5 Å². The topological polar surface area (TPSA) is 118 Å². The highest BCUT2D eigenvalue weighted by molar-refractivity contribution is 6.31. The second-order valence-electron chi connectivity index (χ2n) is 7.35. The van der Waals surface area contributed by atoms with Crippen LogP contribution >= 0.6 is 11.6 Å². The van der Waals surface area contributed by atoms with E-state index in [0.717, 1.165) is 22.2 Å². The van der Waals surface area contributed by atoms with Gasteiger partial charge in [0.25, 0.3) is 5.91 Å². The van der Waals surface area contributed by atoms with E-state index in [9.17, 15) is 10.1 Å². The summed E-state index contributed by atoms with van der Waals surface area (Å²) in [6.07, 6.45) is 3.79. The Bertz CT molecular complexity index is 1380. The smallest absolute Gasteiger partial charge is 0.251 e. The number of benzene rings is 1. The molecule has 0 fully saturated rings. The van der Waals surface area contributed by atoms with Gasteiger partial charge in [-0.15, -0.1) is 0 Å². The predicted molar refractivity (Wildman–Crippen MR) is 123 cm³/mol. The maximum atomic E-state index is 12.7. The fourth-order valence-electron chi connectivity index (χ4n) is 3.51. The van der Waals surface area contributed by atoms with Gasteiger partial charge in [0, 0.05) is 53.3 Å². The van der Waals surface area contributed by atoms with Crippen molar-refractivity contribution < 1.29 is 4.79 Å². The van der Waals surface area contributed by atoms with Crippen molar-refractivity contribution in [1.82, 2.24) is 20.3 Å². The molecule has 3 N–H and O–H groups in total. The Balaban J connectivity index is 1.50. The van der Waals surface area contributed by atoms with Gasteiger partial charge in [0.1, 0.15) is 5.82 Å². The fourth-order valence-corrected chi connectivity index (χ4v) is 3.67. The number of hydrogen-bond donors (Lipinski definition) is 2. The number of nitrogen functional groups attached to an aromatic ring is 1. The molecule has 0 radical (unpaired) electrons. The van der Waals surface area contributed by atoms with Crippen molar-refractivity contribution >= 4 is 34.2 Å². The molecule has 7 nitrogen and oxygen atoms in total. The number of amides is 1. The van der Waals surface area contributed by atoms with Crippen LogP contribution in [0.4, 0.5) is 5.82 Å². The van der Waals surface area contributed by atoms with Crippen LogP contribution in [0.1, 0.15) is 38.4 Å². The molecular formula is C24H19ClN6O. The molecule has 4 rings (SSSR count). The van der Waals surface area contributed by atoms with Crippen LogP contribution in [0.3, 0.4) is 0 Å². The molecule has 0 saturated carbocycles. The Morgan fingerprint density at radius 2 is 2.03 bits per heavy atom. The predicted octanol–water partition coefficient (Wildman–Crippen LogP) is 3.96. The molecule has 0 aliphatic heterocycles. The first-order valence-electron chi connectivity index (χ1n) is 9.86. The Morgan fingerprint density at radius 1 is 1.19 bits per heavy atom. The average molecular weight is 443 g/mol. The number of nitrogens with one attached hydrogen (secondary N) is 1. The van der Waals surface area contributed by atoms with Crippen LogP contribution in [0.25, 0.3) is 10.9 Å². The zero-order chi connectivity index (χ0) is 22.7. The van der Waals surface area contributed by atoms with Gasteiger partial charge in [0.15, 0.2) is 0 Å². The Hall–Kier alpha value is -4.02. The van der Waals surface area contributed by atoms with Crippen LogP contribution in [0.5, 0.6) is 0 Å². The molecule has 1 aromatic carbocycles. The van der Waals surface area contributed by atoms with Crippen LogP contribution in [0.2, 0.25) is 5.02 Å². The number of hydrogen-bond acceptors (Lipinski definition) is 6. The van der Waals surface area contributed by atoms with Crippen molar-refractivity contribution in [2.75, 3.05) is 5.73 Å². The molecule has 8 heteroatoms. The highest BCUT2D eigenvalue weighted by atomic mass is 35.5. The molecule has 4 aromatic rings. The van der Waals surface area contributed by atoms with E-state index in [1.807, 2.05) is 24.3 Å². The van der Waals surface area contributed by atoms with E-state index >= 15 is 0 Å². The van der Waals surface area contributed by atoms with Gasteiger partial charge in [-0.2, -0.15) is 5.26 Å². The first kappa shape index (κ1) is 21.2. The summed E-state index contributed by atoms with van der Waals surface area (Å²) in [6, 6.07) is 14.8. The van der Waals surface area contributed by atoms with Crippen LogP contribution in [0, 0.1) is 18.3 Å². The van der Waals surface area contributed by atoms with Crippen molar-refractivity contribution in [3.8, 4) is 6.07 Å². The van der Waals surface area contributed by atoms with Gasteiger partial charge >= 0.3 is 0 Å². The number of rotatable bonds is 5. The number of carbonyl (C=O) groups excluding carboxylic acids is 1. The number of nitrogens with zero attached hydrogens (tertiary/aromatic N) is 4. The molecule has 32 heavy (non-hydrogen) atoms. The largest absolute Gasteiger partial charge is 0.384 e. The summed E-state index contributed by atoms with van der Waals surface area (Å²) < 4.78 is 0. The first-order chi connectivity index (χ1) is 15.4. The Labute approximate surface area is 189 Å². The molecule has 0 saturated heterocycles. The third kappa shape index (κ3) is 4.66. The van der Waals surface area contributed by atoms with Gasteiger partial charge in [-0.3, -0.25) is 14.8 Å². The van der Waals surface area contributed by atoms with Crippen molar-refractivity contribution in [2.24, 2.45) is 0 Å². The number of pyridine rings is 3. The second kappa shape index (κ2) is 9.00. The lowest BCUT2D eigenvalue weighted by Gasteiger charge is -2.11. The number of nitrogens with two attached hydrogens (primary N) is 1. The first-order valence-corrected chi connectivity index (χ1v) is 10.2. The minimum atomic E-state index is -0.261. The van der Waals surface area contributed by atoms with E-state index in [4.69, 9.17) is 17.3 Å². The molecule has 0 unspecified atom stereocenters. The minimum Gasteiger partial charge on any atom is -0.384 e. The number of carbonyl (C=O) groups is 1. The van der Waals surface area contributed by atoms with Gasteiger partial charge < -0.3 is 11.1 Å². The van der Waals surface area contributed by atoms with E-state index < -0.39 is 0 Å². The molecular weight excluding hydrogens is 424 g/mol. The zero-order valence-corrected chi connectivity index (χ0v) is 18.0. The third-order valence-corrected chi connectivity index (χ3v) is 5.28. The third-order valence-electron chi connectivity index (χ3n) is 5.07. The molecule has 0 aliphatic rings. The molecule has 0 atom stereocenters. The molecule has 0 spiro atoms. The molecule has 3 heterocycles. The van der Waals surface area contributed by atoms with Gasteiger partial charge in [-0.1, -0.05) is 17.7 Å². The second-order valence-corrected chi connectivity index (χ2v) is 7.78. The zero-order valence-electron chi connectivity index (χ0n) is 17.3. The van der Waals surface area contributed by atoms with Crippen LogP contribution < -0.4 is 11.1 Å². The maximum absolute atomic E-state index is 12.7. The Kier molecular flexibility index (Phi) is 5.97. The monoisotopic (exact) mass is 442 g/mol. The normalized spacial score (nSPS) is 10.7. The summed E-state index contributed by atoms with van der Waals surface area (Å²) in [6.45, 7) is 1.94. The van der Waals surface area contributed by atoms with Crippen LogP contribution in [-0.2, 0) is 13.0 Å². The molecule has 1 amide bonds. The molecule has 0 bridgehead atoms. The minimum absolute atomic E-state index is 0.178. The van der Waals surface area contributed by atoms with E-state index in [0.29, 0.717) is 33.8 Å². The summed E-state index contributed by atoms with van der Waals surface area (Å²) in [5.41, 5.74) is 10.5. The van der Waals surface area contributed by atoms with Crippen molar-refractivity contribution in [1.29, 1.82) is 5.26 Å². The Morgan fingerprint density at radius 3 is 2.84 bits per heavy atom. The van der Waals surface area contributed by atoms with Gasteiger partial charge in [0.2, 0.25) is 0 Å². The number of fused-ring (bicyclic) bond motifs is 1. The highest BCUT2D eigenvalue weighted by Crippen LogP contribution is 2.20. The highest BCUT2D eigenvalue weighted by Gasteiger charge is 2.12. The fraction of sp³-hybridized carbons (Fsp3) is 0.125. The van der Waals surface area contributed by atoms with Gasteiger partial charge in [-0.25, -0.2) is 4.98 Å².